The number of anilines is 1. The summed E-state index contributed by atoms with van der Waals surface area (Å²) in [6, 6.07) is 6.95. The summed E-state index contributed by atoms with van der Waals surface area (Å²) in [5.74, 6) is 0.623. The molecule has 0 radical (unpaired) electrons. The van der Waals surface area contributed by atoms with E-state index in [9.17, 15) is 18.4 Å². The van der Waals surface area contributed by atoms with E-state index in [0.717, 1.165) is 5.56 Å². The van der Waals surface area contributed by atoms with Crippen molar-refractivity contribution in [2.24, 2.45) is 7.05 Å². The van der Waals surface area contributed by atoms with Crippen molar-refractivity contribution < 1.29 is 18.3 Å². The number of pyridine rings is 1. The average Bonchev–Trinajstić information content (AvgIpc) is 2.69. The number of carbonyl (C=O) groups excluding carboxylic acids is 1. The van der Waals surface area contributed by atoms with Crippen LogP contribution in [0.4, 0.5) is 14.6 Å². The topological polar surface area (TPSA) is 86.1 Å². The number of hydrogen-bond donors (Lipinski definition) is 1. The second-order valence-electron chi connectivity index (χ2n) is 7.72. The van der Waals surface area contributed by atoms with E-state index in [-0.39, 0.29) is 29.0 Å². The van der Waals surface area contributed by atoms with E-state index in [1.54, 1.807) is 38.1 Å². The normalized spacial score (nSPS) is 15.2. The maximum atomic E-state index is 12.8. The van der Waals surface area contributed by atoms with Crippen LogP contribution in [0.15, 0.2) is 35.4 Å². The number of rotatable bonds is 4. The second-order valence-corrected chi connectivity index (χ2v) is 7.72. The number of aromatic nitrogens is 3. The van der Waals surface area contributed by atoms with E-state index in [1.165, 1.54) is 17.9 Å². The molecule has 3 aromatic rings. The quantitative estimate of drug-likeness (QED) is 0.707. The molecular formula is C21H20F2N4O3. The molecule has 3 heterocycles. The fourth-order valence-corrected chi connectivity index (χ4v) is 3.37. The first-order valence-electron chi connectivity index (χ1n) is 9.40. The average molecular weight is 414 g/mol. The Bertz CT molecular complexity index is 1220. The van der Waals surface area contributed by atoms with Gasteiger partial charge in [0.1, 0.15) is 17.0 Å². The highest BCUT2D eigenvalue weighted by atomic mass is 19.3. The third kappa shape index (κ3) is 3.51. The molecule has 4 rings (SSSR count). The molecule has 0 fully saturated rings. The first-order chi connectivity index (χ1) is 14.2. The van der Waals surface area contributed by atoms with Gasteiger partial charge in [0.15, 0.2) is 11.4 Å². The van der Waals surface area contributed by atoms with E-state index < -0.39 is 18.6 Å². The molecular weight excluding hydrogens is 394 g/mol. The van der Waals surface area contributed by atoms with Crippen molar-refractivity contribution in [2.45, 2.75) is 32.3 Å². The predicted octanol–water partition coefficient (Wildman–Crippen LogP) is 2.96. The molecule has 2 aromatic heterocycles. The zero-order valence-electron chi connectivity index (χ0n) is 16.7. The number of halogens is 2. The van der Waals surface area contributed by atoms with Crippen LogP contribution in [-0.4, -0.2) is 38.9 Å². The fourth-order valence-electron chi connectivity index (χ4n) is 3.37. The van der Waals surface area contributed by atoms with Gasteiger partial charge in [-0.05, 0) is 38.1 Å². The minimum atomic E-state index is -2.61. The highest BCUT2D eigenvalue weighted by Gasteiger charge is 2.35. The first-order valence-corrected chi connectivity index (χ1v) is 9.40. The molecule has 0 saturated carbocycles. The predicted molar refractivity (Wildman–Crippen MR) is 108 cm³/mol. The van der Waals surface area contributed by atoms with Crippen molar-refractivity contribution in [3.8, 4) is 17.0 Å². The van der Waals surface area contributed by atoms with Crippen molar-refractivity contribution in [2.75, 3.05) is 11.9 Å². The van der Waals surface area contributed by atoms with E-state index in [0.29, 0.717) is 22.5 Å². The van der Waals surface area contributed by atoms with Gasteiger partial charge in [-0.1, -0.05) is 0 Å². The van der Waals surface area contributed by atoms with E-state index in [2.05, 4.69) is 15.3 Å². The molecule has 7 nitrogen and oxygen atoms in total. The molecule has 9 heteroatoms. The third-order valence-electron chi connectivity index (χ3n) is 5.07. The lowest BCUT2D eigenvalue weighted by atomic mass is 9.91. The number of ether oxygens (including phenoxy) is 1. The zero-order valence-corrected chi connectivity index (χ0v) is 16.7. The Hall–Kier alpha value is -3.36. The molecule has 1 aliphatic heterocycles. The number of hydrogen-bond acceptors (Lipinski definition) is 6. The molecule has 0 saturated heterocycles. The van der Waals surface area contributed by atoms with Gasteiger partial charge in [0, 0.05) is 24.6 Å². The number of alkyl halides is 2. The second kappa shape index (κ2) is 7.16. The third-order valence-corrected chi connectivity index (χ3v) is 5.07. The van der Waals surface area contributed by atoms with Crippen LogP contribution in [0.2, 0.25) is 0 Å². The SMILES string of the molecule is Cn1cnc2cc(-c3ccc4c(c3)CC(=O)C(C)(C)O4)nc(NCC(F)F)c2c1=O. The van der Waals surface area contributed by atoms with Crippen LogP contribution in [0.1, 0.15) is 19.4 Å². The molecule has 0 bridgehead atoms. The Kier molecular flexibility index (Phi) is 4.76. The summed E-state index contributed by atoms with van der Waals surface area (Å²) in [7, 11) is 1.53. The van der Waals surface area contributed by atoms with Gasteiger partial charge in [-0.25, -0.2) is 18.7 Å². The zero-order chi connectivity index (χ0) is 21.6. The van der Waals surface area contributed by atoms with Crippen LogP contribution in [0.5, 0.6) is 5.75 Å². The molecule has 0 atom stereocenters. The number of nitrogens with one attached hydrogen (secondary N) is 1. The number of benzene rings is 1. The molecule has 156 valence electrons. The minimum Gasteiger partial charge on any atom is -0.480 e. The van der Waals surface area contributed by atoms with Crippen LogP contribution >= 0.6 is 0 Å². The van der Waals surface area contributed by atoms with Crippen molar-refractivity contribution in [3.63, 3.8) is 0 Å². The van der Waals surface area contributed by atoms with Gasteiger partial charge >= 0.3 is 0 Å². The molecule has 0 amide bonds. The molecule has 1 aromatic carbocycles. The number of carbonyl (C=O) groups is 1. The smallest absolute Gasteiger partial charge is 0.264 e. The number of nitrogens with zero attached hydrogens (tertiary/aromatic N) is 3. The molecule has 1 aliphatic rings. The van der Waals surface area contributed by atoms with Crippen molar-refractivity contribution in [1.82, 2.24) is 14.5 Å². The monoisotopic (exact) mass is 414 g/mol. The first kappa shape index (κ1) is 19.9. The van der Waals surface area contributed by atoms with Gasteiger partial charge in [-0.15, -0.1) is 0 Å². The lowest BCUT2D eigenvalue weighted by Crippen LogP contribution is -2.42. The Morgan fingerprint density at radius 3 is 2.77 bits per heavy atom. The molecule has 0 spiro atoms. The summed E-state index contributed by atoms with van der Waals surface area (Å²) in [6.45, 7) is 2.81. The lowest BCUT2D eigenvalue weighted by Gasteiger charge is -2.31. The van der Waals surface area contributed by atoms with Crippen LogP contribution in [0.3, 0.4) is 0 Å². The largest absolute Gasteiger partial charge is 0.480 e. The maximum Gasteiger partial charge on any atom is 0.264 e. The van der Waals surface area contributed by atoms with Gasteiger partial charge in [0.25, 0.3) is 12.0 Å². The van der Waals surface area contributed by atoms with Gasteiger partial charge in [0.2, 0.25) is 0 Å². The van der Waals surface area contributed by atoms with Crippen molar-refractivity contribution in [3.05, 3.63) is 46.5 Å². The van der Waals surface area contributed by atoms with Gasteiger partial charge in [-0.2, -0.15) is 0 Å². The molecule has 0 aliphatic carbocycles. The summed E-state index contributed by atoms with van der Waals surface area (Å²) in [4.78, 5) is 33.5. The van der Waals surface area contributed by atoms with Crippen molar-refractivity contribution in [1.29, 1.82) is 0 Å². The van der Waals surface area contributed by atoms with Crippen LogP contribution < -0.4 is 15.6 Å². The highest BCUT2D eigenvalue weighted by Crippen LogP contribution is 2.34. The highest BCUT2D eigenvalue weighted by molar-refractivity contribution is 5.93. The van der Waals surface area contributed by atoms with Gasteiger partial charge in [-0.3, -0.25) is 9.59 Å². The van der Waals surface area contributed by atoms with E-state index >= 15 is 0 Å². The summed E-state index contributed by atoms with van der Waals surface area (Å²) in [5, 5.41) is 2.69. The van der Waals surface area contributed by atoms with Crippen LogP contribution in [0.25, 0.3) is 22.2 Å². The van der Waals surface area contributed by atoms with Crippen LogP contribution in [-0.2, 0) is 18.3 Å². The summed E-state index contributed by atoms with van der Waals surface area (Å²) >= 11 is 0. The molecule has 0 unspecified atom stereocenters. The number of aryl methyl sites for hydroxylation is 1. The number of Topliss-reactive ketones (excluding diaryl/α,β-unsaturated/α-hetero) is 1. The molecule has 30 heavy (non-hydrogen) atoms. The van der Waals surface area contributed by atoms with Crippen molar-refractivity contribution >= 4 is 22.5 Å². The number of ketones is 1. The Morgan fingerprint density at radius 1 is 1.27 bits per heavy atom. The van der Waals surface area contributed by atoms with E-state index in [1.807, 2.05) is 0 Å². The Morgan fingerprint density at radius 2 is 2.03 bits per heavy atom. The lowest BCUT2D eigenvalue weighted by molar-refractivity contribution is -0.132. The Balaban J connectivity index is 1.84. The standard InChI is InChI=1S/C21H20F2N4O3/c1-21(2)16(28)7-12-6-11(4-5-15(12)30-21)13-8-14-18(20(29)27(3)10-25-14)19(26-13)24-9-17(22)23/h4-6,8,10,17H,7,9H2,1-3H3,(H,24,26). The molecule has 1 N–H and O–H groups in total. The van der Waals surface area contributed by atoms with Gasteiger partial charge < -0.3 is 14.6 Å². The minimum absolute atomic E-state index is 0.0388. The fraction of sp³-hybridized carbons (Fsp3) is 0.333. The number of fused-ring (bicyclic) bond motifs is 2. The summed E-state index contributed by atoms with van der Waals surface area (Å²) < 4.78 is 32.6. The van der Waals surface area contributed by atoms with E-state index in [4.69, 9.17) is 4.74 Å². The van der Waals surface area contributed by atoms with Gasteiger partial charge in [0.05, 0.1) is 24.1 Å². The summed E-state index contributed by atoms with van der Waals surface area (Å²) in [5.41, 5.74) is 0.896. The van der Waals surface area contributed by atoms with Crippen LogP contribution in [0, 0.1) is 0 Å². The maximum absolute atomic E-state index is 12.8. The Labute approximate surface area is 170 Å². The summed E-state index contributed by atoms with van der Waals surface area (Å²) in [6.07, 6.45) is -1.02.